The van der Waals surface area contributed by atoms with Crippen LogP contribution >= 0.6 is 0 Å². The molecule has 0 aliphatic heterocycles. The fourth-order valence-electron chi connectivity index (χ4n) is 2.83. The maximum Gasteiger partial charge on any atom is -0.00432 e. The molecule has 1 nitrogen and oxygen atoms in total. The Morgan fingerprint density at radius 1 is 1.22 bits per heavy atom. The fraction of sp³-hybridized carbons (Fsp3) is 0.647. The molecule has 0 radical (unpaired) electrons. The summed E-state index contributed by atoms with van der Waals surface area (Å²) in [6.45, 7) is 6.90. The summed E-state index contributed by atoms with van der Waals surface area (Å²) in [6, 6.07) is 9.11. The molecule has 2 rings (SSSR count). The van der Waals surface area contributed by atoms with Crippen molar-refractivity contribution in [1.82, 2.24) is 5.32 Å². The van der Waals surface area contributed by atoms with Gasteiger partial charge in [-0.25, -0.2) is 0 Å². The third-order valence-corrected chi connectivity index (χ3v) is 4.25. The molecular formula is C17H27N. The fourth-order valence-corrected chi connectivity index (χ4v) is 2.83. The van der Waals surface area contributed by atoms with Gasteiger partial charge in [0.25, 0.3) is 0 Å². The third-order valence-electron chi connectivity index (χ3n) is 4.25. The summed E-state index contributed by atoms with van der Waals surface area (Å²) in [5.74, 6) is 1.54. The van der Waals surface area contributed by atoms with Crippen LogP contribution in [0, 0.1) is 0 Å². The Labute approximate surface area is 112 Å². The average Bonchev–Trinajstić information content (AvgIpc) is 2.33. The molecule has 0 bridgehead atoms. The molecule has 100 valence electrons. The Morgan fingerprint density at radius 3 is 2.67 bits per heavy atom. The Hall–Kier alpha value is -0.820. The minimum Gasteiger partial charge on any atom is -0.317 e. The van der Waals surface area contributed by atoms with Crippen molar-refractivity contribution in [3.63, 3.8) is 0 Å². The van der Waals surface area contributed by atoms with Gasteiger partial charge in [0, 0.05) is 0 Å². The van der Waals surface area contributed by atoms with E-state index in [1.165, 1.54) is 32.1 Å². The van der Waals surface area contributed by atoms with Crippen LogP contribution < -0.4 is 5.32 Å². The van der Waals surface area contributed by atoms with E-state index in [1.54, 1.807) is 11.1 Å². The highest BCUT2D eigenvalue weighted by atomic mass is 14.8. The second kappa shape index (κ2) is 6.94. The van der Waals surface area contributed by atoms with Gasteiger partial charge < -0.3 is 5.32 Å². The van der Waals surface area contributed by atoms with Gasteiger partial charge in [-0.05, 0) is 61.7 Å². The van der Waals surface area contributed by atoms with Crippen molar-refractivity contribution in [2.75, 3.05) is 13.1 Å². The Kier molecular flexibility index (Phi) is 5.25. The first-order valence-electron chi connectivity index (χ1n) is 7.62. The van der Waals surface area contributed by atoms with Crippen molar-refractivity contribution in [2.45, 2.75) is 57.8 Å². The van der Waals surface area contributed by atoms with Crippen LogP contribution in [0.5, 0.6) is 0 Å². The SMILES string of the molecule is CCCNCCC(C)c1ccccc1C1CCC1. The minimum absolute atomic E-state index is 0.686. The molecule has 1 heteroatoms. The summed E-state index contributed by atoms with van der Waals surface area (Å²) in [7, 11) is 0. The van der Waals surface area contributed by atoms with Crippen LogP contribution in [0.3, 0.4) is 0 Å². The maximum absolute atomic E-state index is 3.51. The van der Waals surface area contributed by atoms with Crippen LogP contribution in [0.1, 0.15) is 68.9 Å². The molecule has 1 aliphatic carbocycles. The molecular weight excluding hydrogens is 218 g/mol. The molecule has 1 N–H and O–H groups in total. The number of hydrogen-bond acceptors (Lipinski definition) is 1. The van der Waals surface area contributed by atoms with Gasteiger partial charge in [0.15, 0.2) is 0 Å². The van der Waals surface area contributed by atoms with E-state index in [0.717, 1.165) is 19.0 Å². The lowest BCUT2D eigenvalue weighted by Gasteiger charge is -2.29. The highest BCUT2D eigenvalue weighted by Crippen LogP contribution is 2.40. The molecule has 0 spiro atoms. The van der Waals surface area contributed by atoms with Gasteiger partial charge in [0.1, 0.15) is 0 Å². The summed E-state index contributed by atoms with van der Waals surface area (Å²) in [6.07, 6.45) is 6.71. The van der Waals surface area contributed by atoms with Gasteiger partial charge in [-0.3, -0.25) is 0 Å². The van der Waals surface area contributed by atoms with E-state index < -0.39 is 0 Å². The molecule has 18 heavy (non-hydrogen) atoms. The normalized spacial score (nSPS) is 17.4. The van der Waals surface area contributed by atoms with Crippen molar-refractivity contribution in [1.29, 1.82) is 0 Å². The number of nitrogens with one attached hydrogen (secondary N) is 1. The van der Waals surface area contributed by atoms with E-state index in [4.69, 9.17) is 0 Å². The Morgan fingerprint density at radius 2 is 2.00 bits per heavy atom. The van der Waals surface area contributed by atoms with Gasteiger partial charge in [0.05, 0.1) is 0 Å². The highest BCUT2D eigenvalue weighted by molar-refractivity contribution is 5.34. The minimum atomic E-state index is 0.686. The molecule has 0 saturated heterocycles. The molecule has 1 fully saturated rings. The lowest BCUT2D eigenvalue weighted by Crippen LogP contribution is -2.18. The topological polar surface area (TPSA) is 12.0 Å². The van der Waals surface area contributed by atoms with E-state index in [0.29, 0.717) is 5.92 Å². The zero-order chi connectivity index (χ0) is 12.8. The molecule has 0 heterocycles. The smallest absolute Gasteiger partial charge is 0.00432 e. The quantitative estimate of drug-likeness (QED) is 0.700. The number of rotatable bonds is 7. The first-order valence-corrected chi connectivity index (χ1v) is 7.62. The summed E-state index contributed by atoms with van der Waals surface area (Å²) in [4.78, 5) is 0. The highest BCUT2D eigenvalue weighted by Gasteiger charge is 2.23. The van der Waals surface area contributed by atoms with Gasteiger partial charge in [-0.1, -0.05) is 44.5 Å². The number of benzene rings is 1. The van der Waals surface area contributed by atoms with Gasteiger partial charge >= 0.3 is 0 Å². The van der Waals surface area contributed by atoms with E-state index in [1.807, 2.05) is 0 Å². The second-order valence-electron chi connectivity index (χ2n) is 5.70. The van der Waals surface area contributed by atoms with E-state index in [9.17, 15) is 0 Å². The summed E-state index contributed by atoms with van der Waals surface area (Å²) in [5, 5.41) is 3.51. The lowest BCUT2D eigenvalue weighted by molar-refractivity contribution is 0.414. The average molecular weight is 245 g/mol. The standard InChI is InChI=1S/C17H27N/c1-3-12-18-13-11-14(2)16-9-4-5-10-17(16)15-7-6-8-15/h4-5,9-10,14-15,18H,3,6-8,11-13H2,1-2H3. The zero-order valence-corrected chi connectivity index (χ0v) is 11.9. The van der Waals surface area contributed by atoms with E-state index in [2.05, 4.69) is 43.4 Å². The Balaban J connectivity index is 1.93. The van der Waals surface area contributed by atoms with Gasteiger partial charge in [-0.15, -0.1) is 0 Å². The maximum atomic E-state index is 3.51. The summed E-state index contributed by atoms with van der Waals surface area (Å²) < 4.78 is 0. The van der Waals surface area contributed by atoms with Crippen LogP contribution in [0.4, 0.5) is 0 Å². The van der Waals surface area contributed by atoms with Crippen molar-refractivity contribution < 1.29 is 0 Å². The summed E-state index contributed by atoms with van der Waals surface area (Å²) in [5.41, 5.74) is 3.23. The van der Waals surface area contributed by atoms with Crippen molar-refractivity contribution >= 4 is 0 Å². The number of hydrogen-bond donors (Lipinski definition) is 1. The van der Waals surface area contributed by atoms with E-state index in [-0.39, 0.29) is 0 Å². The van der Waals surface area contributed by atoms with Crippen LogP contribution in [0.2, 0.25) is 0 Å². The first kappa shape index (κ1) is 13.6. The van der Waals surface area contributed by atoms with Crippen LogP contribution in [-0.2, 0) is 0 Å². The monoisotopic (exact) mass is 245 g/mol. The predicted octanol–water partition coefficient (Wildman–Crippen LogP) is 4.45. The second-order valence-corrected chi connectivity index (χ2v) is 5.70. The first-order chi connectivity index (χ1) is 8.83. The van der Waals surface area contributed by atoms with Crippen molar-refractivity contribution in [3.05, 3.63) is 35.4 Å². The van der Waals surface area contributed by atoms with Crippen molar-refractivity contribution in [2.24, 2.45) is 0 Å². The summed E-state index contributed by atoms with van der Waals surface area (Å²) >= 11 is 0. The third kappa shape index (κ3) is 3.35. The van der Waals surface area contributed by atoms with Gasteiger partial charge in [0.2, 0.25) is 0 Å². The molecule has 1 aliphatic rings. The van der Waals surface area contributed by atoms with Crippen LogP contribution in [0.15, 0.2) is 24.3 Å². The van der Waals surface area contributed by atoms with Crippen LogP contribution in [-0.4, -0.2) is 13.1 Å². The van der Waals surface area contributed by atoms with Crippen LogP contribution in [0.25, 0.3) is 0 Å². The van der Waals surface area contributed by atoms with E-state index >= 15 is 0 Å². The molecule has 1 aromatic carbocycles. The Bertz CT molecular complexity index is 354. The largest absolute Gasteiger partial charge is 0.317 e. The lowest BCUT2D eigenvalue weighted by atomic mass is 9.76. The predicted molar refractivity (Wildman–Crippen MR) is 79.2 cm³/mol. The molecule has 0 aromatic heterocycles. The molecule has 1 saturated carbocycles. The zero-order valence-electron chi connectivity index (χ0n) is 11.9. The molecule has 0 amide bonds. The molecule has 1 atom stereocenters. The molecule has 1 unspecified atom stereocenters. The van der Waals surface area contributed by atoms with Gasteiger partial charge in [-0.2, -0.15) is 0 Å². The van der Waals surface area contributed by atoms with Crippen molar-refractivity contribution in [3.8, 4) is 0 Å². The molecule has 1 aromatic rings.